The van der Waals surface area contributed by atoms with Crippen LogP contribution in [-0.2, 0) is 12.8 Å². The highest BCUT2D eigenvalue weighted by Crippen LogP contribution is 2.30. The molecule has 0 saturated carbocycles. The van der Waals surface area contributed by atoms with E-state index in [1.165, 1.54) is 18.3 Å². The van der Waals surface area contributed by atoms with Crippen LogP contribution in [0.15, 0.2) is 30.5 Å². The lowest BCUT2D eigenvalue weighted by molar-refractivity contribution is -0.137. The Morgan fingerprint density at radius 2 is 2.15 bits per heavy atom. The Hall–Kier alpha value is -1.60. The van der Waals surface area contributed by atoms with Gasteiger partial charge in [-0.3, -0.25) is 4.79 Å². The maximum Gasteiger partial charge on any atom is 0.416 e. The lowest BCUT2D eigenvalue weighted by atomic mass is 10.1. The summed E-state index contributed by atoms with van der Waals surface area (Å²) in [6.07, 6.45) is -3.14. The molecular weight excluding hydrogens is 315 g/mol. The Bertz CT molecular complexity index is 627. The molecule has 0 aliphatic heterocycles. The Kier molecular flexibility index (Phi) is 4.29. The maximum atomic E-state index is 12.5. The summed E-state index contributed by atoms with van der Waals surface area (Å²) in [5.41, 5.74) is -0.386. The highest BCUT2D eigenvalue weighted by Gasteiger charge is 2.30. The SMILES string of the molecule is O=C(Cl)c1cnc(OCc2cccc(C(F)(F)F)c2)s1. The number of nitrogens with zero attached hydrogens (tertiary/aromatic N) is 1. The largest absolute Gasteiger partial charge is 0.465 e. The molecule has 3 nitrogen and oxygen atoms in total. The third kappa shape index (κ3) is 3.71. The number of rotatable bonds is 4. The predicted molar refractivity (Wildman–Crippen MR) is 68.1 cm³/mol. The number of ether oxygens (including phenoxy) is 1. The molecule has 0 saturated heterocycles. The molecule has 106 valence electrons. The second-order valence-corrected chi connectivity index (χ2v) is 5.09. The molecule has 0 atom stereocenters. The number of benzene rings is 1. The average molecular weight is 322 g/mol. The molecule has 0 radical (unpaired) electrons. The molecule has 20 heavy (non-hydrogen) atoms. The number of thiazole rings is 1. The van der Waals surface area contributed by atoms with Crippen molar-refractivity contribution in [1.29, 1.82) is 0 Å². The van der Waals surface area contributed by atoms with Gasteiger partial charge in [-0.05, 0) is 29.3 Å². The van der Waals surface area contributed by atoms with Crippen LogP contribution in [0.2, 0.25) is 0 Å². The van der Waals surface area contributed by atoms with Crippen molar-refractivity contribution in [2.24, 2.45) is 0 Å². The van der Waals surface area contributed by atoms with Crippen LogP contribution in [0.1, 0.15) is 20.8 Å². The van der Waals surface area contributed by atoms with Crippen LogP contribution in [-0.4, -0.2) is 10.2 Å². The van der Waals surface area contributed by atoms with E-state index in [4.69, 9.17) is 16.3 Å². The van der Waals surface area contributed by atoms with Crippen molar-refractivity contribution in [3.63, 3.8) is 0 Å². The average Bonchev–Trinajstić information content (AvgIpc) is 2.85. The Morgan fingerprint density at radius 1 is 1.40 bits per heavy atom. The minimum Gasteiger partial charge on any atom is -0.465 e. The van der Waals surface area contributed by atoms with Gasteiger partial charge in [-0.15, -0.1) is 0 Å². The fraction of sp³-hybridized carbons (Fsp3) is 0.167. The molecule has 1 heterocycles. The molecule has 0 N–H and O–H groups in total. The Morgan fingerprint density at radius 3 is 2.75 bits per heavy atom. The van der Waals surface area contributed by atoms with E-state index in [1.54, 1.807) is 0 Å². The summed E-state index contributed by atoms with van der Waals surface area (Å²) >= 11 is 6.19. The summed E-state index contributed by atoms with van der Waals surface area (Å²) in [4.78, 5) is 14.8. The normalized spacial score (nSPS) is 11.4. The lowest BCUT2D eigenvalue weighted by Gasteiger charge is -2.08. The van der Waals surface area contributed by atoms with E-state index in [2.05, 4.69) is 4.98 Å². The van der Waals surface area contributed by atoms with Crippen LogP contribution in [0.4, 0.5) is 13.2 Å². The standard InChI is InChI=1S/C12H7ClF3NO2S/c13-10(18)9-5-17-11(20-9)19-6-7-2-1-3-8(4-7)12(14,15)16/h1-5H,6H2. The summed E-state index contributed by atoms with van der Waals surface area (Å²) in [6, 6.07) is 4.80. The van der Waals surface area contributed by atoms with Crippen LogP contribution >= 0.6 is 22.9 Å². The zero-order valence-corrected chi connectivity index (χ0v) is 11.4. The number of hydrogen-bond donors (Lipinski definition) is 0. The minimum absolute atomic E-state index is 0.0760. The van der Waals surface area contributed by atoms with Crippen molar-refractivity contribution in [3.05, 3.63) is 46.5 Å². The number of carbonyl (C=O) groups is 1. The number of alkyl halides is 3. The second-order valence-electron chi connectivity index (χ2n) is 3.75. The van der Waals surface area contributed by atoms with Gasteiger partial charge in [0.2, 0.25) is 0 Å². The fourth-order valence-electron chi connectivity index (χ4n) is 1.40. The number of aromatic nitrogens is 1. The summed E-state index contributed by atoms with van der Waals surface area (Å²) in [6.45, 7) is -0.0760. The molecule has 0 unspecified atom stereocenters. The van der Waals surface area contributed by atoms with Gasteiger partial charge >= 0.3 is 6.18 Å². The zero-order valence-electron chi connectivity index (χ0n) is 9.78. The third-order valence-electron chi connectivity index (χ3n) is 2.29. The number of halogens is 4. The monoisotopic (exact) mass is 321 g/mol. The van der Waals surface area contributed by atoms with Crippen molar-refractivity contribution in [2.45, 2.75) is 12.8 Å². The summed E-state index contributed by atoms with van der Waals surface area (Å²) in [7, 11) is 0. The first-order valence-electron chi connectivity index (χ1n) is 5.31. The van der Waals surface area contributed by atoms with E-state index in [1.807, 2.05) is 0 Å². The molecule has 1 aromatic carbocycles. The van der Waals surface area contributed by atoms with Gasteiger partial charge in [-0.1, -0.05) is 23.5 Å². The quantitative estimate of drug-likeness (QED) is 0.795. The maximum absolute atomic E-state index is 12.5. The molecule has 1 aromatic heterocycles. The van der Waals surface area contributed by atoms with E-state index in [9.17, 15) is 18.0 Å². The molecular formula is C12H7ClF3NO2S. The van der Waals surface area contributed by atoms with Crippen molar-refractivity contribution in [1.82, 2.24) is 4.98 Å². The highest BCUT2D eigenvalue weighted by molar-refractivity contribution is 7.17. The third-order valence-corrected chi connectivity index (χ3v) is 3.52. The Labute approximate surface area is 121 Å². The molecule has 0 fully saturated rings. The van der Waals surface area contributed by atoms with E-state index in [0.29, 0.717) is 5.56 Å². The molecule has 0 aliphatic carbocycles. The van der Waals surface area contributed by atoms with Crippen LogP contribution < -0.4 is 4.74 Å². The van der Waals surface area contributed by atoms with Gasteiger partial charge in [0.05, 0.1) is 11.8 Å². The molecule has 2 aromatic rings. The summed E-state index contributed by atoms with van der Waals surface area (Å²) in [5.74, 6) is 0. The molecule has 2 rings (SSSR count). The van der Waals surface area contributed by atoms with Gasteiger partial charge in [0.25, 0.3) is 10.4 Å². The first-order chi connectivity index (χ1) is 9.36. The number of hydrogen-bond acceptors (Lipinski definition) is 4. The van der Waals surface area contributed by atoms with E-state index in [-0.39, 0.29) is 16.7 Å². The highest BCUT2D eigenvalue weighted by atomic mass is 35.5. The number of carbonyl (C=O) groups excluding carboxylic acids is 1. The van der Waals surface area contributed by atoms with Crippen molar-refractivity contribution in [2.75, 3.05) is 0 Å². The van der Waals surface area contributed by atoms with Crippen molar-refractivity contribution in [3.8, 4) is 5.19 Å². The molecule has 0 aliphatic rings. The van der Waals surface area contributed by atoms with Crippen molar-refractivity contribution >= 4 is 28.2 Å². The first-order valence-corrected chi connectivity index (χ1v) is 6.50. The summed E-state index contributed by atoms with van der Waals surface area (Å²) < 4.78 is 42.8. The van der Waals surface area contributed by atoms with Crippen LogP contribution in [0.5, 0.6) is 5.19 Å². The zero-order chi connectivity index (χ0) is 14.8. The van der Waals surface area contributed by atoms with E-state index in [0.717, 1.165) is 23.5 Å². The van der Waals surface area contributed by atoms with Gasteiger partial charge in [-0.25, -0.2) is 4.98 Å². The van der Waals surface area contributed by atoms with E-state index < -0.39 is 17.0 Å². The molecule has 0 amide bonds. The topological polar surface area (TPSA) is 39.2 Å². The molecule has 0 bridgehead atoms. The molecule has 0 spiro atoms. The summed E-state index contributed by atoms with van der Waals surface area (Å²) in [5, 5.41) is -0.483. The van der Waals surface area contributed by atoms with Crippen molar-refractivity contribution < 1.29 is 22.7 Å². The van der Waals surface area contributed by atoms with Crippen LogP contribution in [0, 0.1) is 0 Å². The van der Waals surface area contributed by atoms with Gasteiger partial charge in [0.1, 0.15) is 11.5 Å². The van der Waals surface area contributed by atoms with Gasteiger partial charge in [0.15, 0.2) is 0 Å². The van der Waals surface area contributed by atoms with Gasteiger partial charge < -0.3 is 4.74 Å². The van der Waals surface area contributed by atoms with Crippen LogP contribution in [0.25, 0.3) is 0 Å². The predicted octanol–water partition coefficient (Wildman–Crippen LogP) is 4.12. The minimum atomic E-state index is -4.39. The van der Waals surface area contributed by atoms with Gasteiger partial charge in [-0.2, -0.15) is 13.2 Å². The lowest BCUT2D eigenvalue weighted by Crippen LogP contribution is -2.06. The Balaban J connectivity index is 2.05. The molecule has 8 heteroatoms. The van der Waals surface area contributed by atoms with E-state index >= 15 is 0 Å². The van der Waals surface area contributed by atoms with Gasteiger partial charge in [0, 0.05) is 0 Å². The first kappa shape index (κ1) is 14.8. The second kappa shape index (κ2) is 5.80. The van der Waals surface area contributed by atoms with Crippen LogP contribution in [0.3, 0.4) is 0 Å². The smallest absolute Gasteiger partial charge is 0.416 e. The fourth-order valence-corrected chi connectivity index (χ4v) is 2.16.